The van der Waals surface area contributed by atoms with Crippen LogP contribution in [-0.4, -0.2) is 6.04 Å². The van der Waals surface area contributed by atoms with Crippen molar-refractivity contribution in [2.75, 3.05) is 5.32 Å². The highest BCUT2D eigenvalue weighted by Crippen LogP contribution is 2.19. The largest absolute Gasteiger partial charge is 0.381 e. The zero-order valence-corrected chi connectivity index (χ0v) is 9.05. The van der Waals surface area contributed by atoms with Gasteiger partial charge >= 0.3 is 0 Å². The van der Waals surface area contributed by atoms with Crippen LogP contribution in [0.4, 0.5) is 10.1 Å². The zero-order valence-electron chi connectivity index (χ0n) is 9.05. The minimum absolute atomic E-state index is 0.0931. The van der Waals surface area contributed by atoms with E-state index in [-0.39, 0.29) is 11.9 Å². The van der Waals surface area contributed by atoms with Gasteiger partial charge in [0.05, 0.1) is 12.5 Å². The fraction of sp³-hybridized carbons (Fsp3) is 0.417. The summed E-state index contributed by atoms with van der Waals surface area (Å²) >= 11 is 0. The fourth-order valence-corrected chi connectivity index (χ4v) is 1.39. The highest BCUT2D eigenvalue weighted by molar-refractivity contribution is 5.51. The summed E-state index contributed by atoms with van der Waals surface area (Å²) < 4.78 is 13.2. The summed E-state index contributed by atoms with van der Waals surface area (Å²) in [6.45, 7) is 3.74. The van der Waals surface area contributed by atoms with Crippen molar-refractivity contribution in [1.29, 1.82) is 5.26 Å². The van der Waals surface area contributed by atoms with Crippen LogP contribution >= 0.6 is 0 Å². The van der Waals surface area contributed by atoms with Gasteiger partial charge in [-0.25, -0.2) is 4.39 Å². The molecule has 3 heteroatoms. The van der Waals surface area contributed by atoms with Crippen LogP contribution in [0.1, 0.15) is 25.3 Å². The van der Waals surface area contributed by atoms with E-state index >= 15 is 0 Å². The lowest BCUT2D eigenvalue weighted by atomic mass is 10.1. The molecule has 1 aromatic carbocycles. The van der Waals surface area contributed by atoms with Gasteiger partial charge in [-0.3, -0.25) is 0 Å². The van der Waals surface area contributed by atoms with E-state index in [1.54, 1.807) is 13.0 Å². The maximum Gasteiger partial charge on any atom is 0.128 e. The molecule has 0 amide bonds. The van der Waals surface area contributed by atoms with Crippen LogP contribution < -0.4 is 5.32 Å². The van der Waals surface area contributed by atoms with Crippen molar-refractivity contribution >= 4 is 5.69 Å². The van der Waals surface area contributed by atoms with Gasteiger partial charge < -0.3 is 5.32 Å². The molecule has 0 aliphatic carbocycles. The number of nitrogens with zero attached hydrogens (tertiary/aromatic N) is 1. The Kier molecular flexibility index (Phi) is 4.11. The number of anilines is 1. The summed E-state index contributed by atoms with van der Waals surface area (Å²) in [7, 11) is 0. The second-order valence-electron chi connectivity index (χ2n) is 3.52. The average molecular weight is 206 g/mol. The van der Waals surface area contributed by atoms with E-state index in [1.807, 2.05) is 13.0 Å². The molecular formula is C12H15FN2. The molecule has 0 spiro atoms. The van der Waals surface area contributed by atoms with Crippen LogP contribution in [0.2, 0.25) is 0 Å². The van der Waals surface area contributed by atoms with Gasteiger partial charge in [0.25, 0.3) is 0 Å². The van der Waals surface area contributed by atoms with Gasteiger partial charge in [-0.2, -0.15) is 5.26 Å². The van der Waals surface area contributed by atoms with Crippen molar-refractivity contribution in [1.82, 2.24) is 0 Å². The molecule has 0 radical (unpaired) electrons. The lowest BCUT2D eigenvalue weighted by molar-refractivity contribution is 0.617. The van der Waals surface area contributed by atoms with Crippen LogP contribution in [0.25, 0.3) is 0 Å². The Morgan fingerprint density at radius 1 is 1.53 bits per heavy atom. The molecule has 0 bridgehead atoms. The normalized spacial score (nSPS) is 11.9. The summed E-state index contributed by atoms with van der Waals surface area (Å²) in [5, 5.41) is 11.8. The summed E-state index contributed by atoms with van der Waals surface area (Å²) in [5.41, 5.74) is 1.38. The van der Waals surface area contributed by atoms with E-state index in [9.17, 15) is 4.39 Å². The van der Waals surface area contributed by atoms with E-state index < -0.39 is 0 Å². The standard InChI is InChI=1S/C12H15FN2/c1-3-10(7-8-14)15-12-6-4-5-11(13)9(12)2/h4-6,10,15H,3,7H2,1-2H3. The first-order valence-electron chi connectivity index (χ1n) is 5.07. The first-order valence-corrected chi connectivity index (χ1v) is 5.07. The van der Waals surface area contributed by atoms with E-state index in [0.717, 1.165) is 12.1 Å². The van der Waals surface area contributed by atoms with Gasteiger partial charge in [-0.1, -0.05) is 13.0 Å². The number of nitrogens with one attached hydrogen (secondary N) is 1. The molecule has 15 heavy (non-hydrogen) atoms. The molecule has 1 rings (SSSR count). The molecule has 0 fully saturated rings. The van der Waals surface area contributed by atoms with Crippen LogP contribution in [0.15, 0.2) is 18.2 Å². The Morgan fingerprint density at radius 2 is 2.27 bits per heavy atom. The molecule has 0 saturated carbocycles. The Balaban J connectivity index is 2.80. The number of rotatable bonds is 4. The van der Waals surface area contributed by atoms with Crippen LogP contribution in [-0.2, 0) is 0 Å². The monoisotopic (exact) mass is 206 g/mol. The summed E-state index contributed by atoms with van der Waals surface area (Å²) in [5.74, 6) is -0.216. The SMILES string of the molecule is CCC(CC#N)Nc1cccc(F)c1C. The Labute approximate surface area is 89.7 Å². The molecule has 0 aliphatic heterocycles. The number of benzene rings is 1. The van der Waals surface area contributed by atoms with Crippen LogP contribution in [0, 0.1) is 24.1 Å². The first kappa shape index (κ1) is 11.5. The highest BCUT2D eigenvalue weighted by Gasteiger charge is 2.08. The second-order valence-corrected chi connectivity index (χ2v) is 3.52. The maximum absolute atomic E-state index is 13.2. The predicted molar refractivity (Wildman–Crippen MR) is 59.1 cm³/mol. The van der Waals surface area contributed by atoms with Crippen molar-refractivity contribution in [2.24, 2.45) is 0 Å². The molecule has 1 N–H and O–H groups in total. The molecule has 0 heterocycles. The van der Waals surface area contributed by atoms with Crippen molar-refractivity contribution < 1.29 is 4.39 Å². The molecule has 2 nitrogen and oxygen atoms in total. The smallest absolute Gasteiger partial charge is 0.128 e. The van der Waals surface area contributed by atoms with E-state index in [2.05, 4.69) is 11.4 Å². The number of nitriles is 1. The topological polar surface area (TPSA) is 35.8 Å². The molecule has 1 unspecified atom stereocenters. The molecule has 0 aromatic heterocycles. The van der Waals surface area contributed by atoms with E-state index in [0.29, 0.717) is 12.0 Å². The minimum Gasteiger partial charge on any atom is -0.381 e. The molecule has 0 aliphatic rings. The molecule has 80 valence electrons. The summed E-state index contributed by atoms with van der Waals surface area (Å²) in [4.78, 5) is 0. The summed E-state index contributed by atoms with van der Waals surface area (Å²) in [6.07, 6.45) is 1.29. The quantitative estimate of drug-likeness (QED) is 0.820. The van der Waals surface area contributed by atoms with E-state index in [1.165, 1.54) is 6.07 Å². The van der Waals surface area contributed by atoms with Gasteiger partial charge in [0.1, 0.15) is 5.82 Å². The summed E-state index contributed by atoms with van der Waals surface area (Å²) in [6, 6.07) is 7.15. The molecule has 0 saturated heterocycles. The van der Waals surface area contributed by atoms with Gasteiger partial charge in [-0.05, 0) is 25.5 Å². The molecule has 1 atom stereocenters. The number of halogens is 1. The third kappa shape index (κ3) is 2.95. The van der Waals surface area contributed by atoms with Crippen LogP contribution in [0.3, 0.4) is 0 Å². The van der Waals surface area contributed by atoms with E-state index in [4.69, 9.17) is 5.26 Å². The average Bonchev–Trinajstić information content (AvgIpc) is 2.24. The van der Waals surface area contributed by atoms with Crippen molar-refractivity contribution in [3.63, 3.8) is 0 Å². The number of hydrogen-bond donors (Lipinski definition) is 1. The van der Waals surface area contributed by atoms with Crippen LogP contribution in [0.5, 0.6) is 0 Å². The zero-order chi connectivity index (χ0) is 11.3. The van der Waals surface area contributed by atoms with Crippen molar-refractivity contribution in [3.8, 4) is 6.07 Å². The second kappa shape index (κ2) is 5.35. The Hall–Kier alpha value is -1.56. The Morgan fingerprint density at radius 3 is 2.87 bits per heavy atom. The lowest BCUT2D eigenvalue weighted by Crippen LogP contribution is -2.18. The minimum atomic E-state index is -0.216. The fourth-order valence-electron chi connectivity index (χ4n) is 1.39. The van der Waals surface area contributed by atoms with Gasteiger partial charge in [0.15, 0.2) is 0 Å². The lowest BCUT2D eigenvalue weighted by Gasteiger charge is -2.17. The van der Waals surface area contributed by atoms with Gasteiger partial charge in [0.2, 0.25) is 0 Å². The van der Waals surface area contributed by atoms with Gasteiger partial charge in [0, 0.05) is 17.3 Å². The highest BCUT2D eigenvalue weighted by atomic mass is 19.1. The van der Waals surface area contributed by atoms with Crippen molar-refractivity contribution in [2.45, 2.75) is 32.7 Å². The Bertz CT molecular complexity index is 368. The van der Waals surface area contributed by atoms with Crippen molar-refractivity contribution in [3.05, 3.63) is 29.6 Å². The number of hydrogen-bond acceptors (Lipinski definition) is 2. The van der Waals surface area contributed by atoms with Gasteiger partial charge in [-0.15, -0.1) is 0 Å². The first-order chi connectivity index (χ1) is 7.19. The predicted octanol–water partition coefficient (Wildman–Crippen LogP) is 3.24. The maximum atomic E-state index is 13.2. The third-order valence-electron chi connectivity index (χ3n) is 2.46. The molecule has 1 aromatic rings. The molecular weight excluding hydrogens is 191 g/mol. The third-order valence-corrected chi connectivity index (χ3v) is 2.46.